The van der Waals surface area contributed by atoms with E-state index in [1.54, 1.807) is 4.90 Å². The first-order valence-electron chi connectivity index (χ1n) is 8.38. The van der Waals surface area contributed by atoms with E-state index in [2.05, 4.69) is 25.6 Å². The molecule has 1 fully saturated rings. The molecule has 7 heteroatoms. The molecule has 0 aliphatic carbocycles. The Morgan fingerprint density at radius 1 is 1.35 bits per heavy atom. The Morgan fingerprint density at radius 3 is 2.87 bits per heavy atom. The highest BCUT2D eigenvalue weighted by atomic mass is 16.5. The molecule has 1 amide bonds. The zero-order chi connectivity index (χ0) is 16.2. The van der Waals surface area contributed by atoms with Gasteiger partial charge < -0.3 is 9.64 Å². The van der Waals surface area contributed by atoms with Gasteiger partial charge in [-0.05, 0) is 12.5 Å². The molecular formula is C16H27N5O2. The second-order valence-corrected chi connectivity index (χ2v) is 6.59. The molecule has 1 saturated heterocycles. The average molecular weight is 321 g/mol. The number of hydrogen-bond donors (Lipinski definition) is 0. The van der Waals surface area contributed by atoms with Crippen LogP contribution in [-0.4, -0.2) is 89.9 Å². The third-order valence-corrected chi connectivity index (χ3v) is 4.77. The molecule has 0 aromatic carbocycles. The molecule has 3 rings (SSSR count). The number of aromatic nitrogens is 2. The number of amides is 1. The normalized spacial score (nSPS) is 23.3. The lowest BCUT2D eigenvalue weighted by atomic mass is 10.1. The van der Waals surface area contributed by atoms with E-state index >= 15 is 0 Å². The minimum atomic E-state index is 0.157. The summed E-state index contributed by atoms with van der Waals surface area (Å²) in [4.78, 5) is 18.7. The highest BCUT2D eigenvalue weighted by molar-refractivity contribution is 5.77. The van der Waals surface area contributed by atoms with Gasteiger partial charge in [0.2, 0.25) is 5.91 Å². The summed E-state index contributed by atoms with van der Waals surface area (Å²) in [5.41, 5.74) is 1.20. The molecule has 0 saturated carbocycles. The quantitative estimate of drug-likeness (QED) is 0.774. The lowest BCUT2D eigenvalue weighted by Gasteiger charge is -2.35. The first-order valence-corrected chi connectivity index (χ1v) is 8.38. The second kappa shape index (κ2) is 7.42. The summed E-state index contributed by atoms with van der Waals surface area (Å²) in [7, 11) is 3.64. The Bertz CT molecular complexity index is 524. The van der Waals surface area contributed by atoms with Crippen LogP contribution in [0.5, 0.6) is 0 Å². The van der Waals surface area contributed by atoms with Crippen molar-refractivity contribution in [1.29, 1.82) is 0 Å². The van der Waals surface area contributed by atoms with Crippen molar-refractivity contribution in [3.8, 4) is 0 Å². The smallest absolute Gasteiger partial charge is 0.236 e. The fourth-order valence-electron chi connectivity index (χ4n) is 3.28. The SMILES string of the molecule is CN(C)C(=O)CN1Cc2ccnn2CCC1CN1CCOCC1. The van der Waals surface area contributed by atoms with Gasteiger partial charge >= 0.3 is 0 Å². The van der Waals surface area contributed by atoms with Crippen LogP contribution in [0.25, 0.3) is 0 Å². The van der Waals surface area contributed by atoms with Crippen LogP contribution in [0.3, 0.4) is 0 Å². The van der Waals surface area contributed by atoms with E-state index in [1.807, 2.05) is 20.3 Å². The maximum absolute atomic E-state index is 12.2. The van der Waals surface area contributed by atoms with E-state index < -0.39 is 0 Å². The van der Waals surface area contributed by atoms with Crippen LogP contribution >= 0.6 is 0 Å². The van der Waals surface area contributed by atoms with Gasteiger partial charge in [0, 0.05) is 59.1 Å². The second-order valence-electron chi connectivity index (χ2n) is 6.59. The summed E-state index contributed by atoms with van der Waals surface area (Å²) in [5.74, 6) is 0.157. The van der Waals surface area contributed by atoms with Crippen molar-refractivity contribution in [2.45, 2.75) is 25.6 Å². The van der Waals surface area contributed by atoms with E-state index in [0.717, 1.165) is 52.4 Å². The maximum atomic E-state index is 12.2. The predicted octanol–water partition coefficient (Wildman–Crippen LogP) is -0.122. The summed E-state index contributed by atoms with van der Waals surface area (Å²) in [6.07, 6.45) is 2.87. The fourth-order valence-corrected chi connectivity index (χ4v) is 3.28. The van der Waals surface area contributed by atoms with Gasteiger partial charge in [-0.15, -0.1) is 0 Å². The maximum Gasteiger partial charge on any atom is 0.236 e. The molecule has 2 aliphatic heterocycles. The first-order chi connectivity index (χ1) is 11.1. The lowest BCUT2D eigenvalue weighted by molar-refractivity contribution is -0.130. The highest BCUT2D eigenvalue weighted by Crippen LogP contribution is 2.18. The number of carbonyl (C=O) groups is 1. The minimum Gasteiger partial charge on any atom is -0.379 e. The van der Waals surface area contributed by atoms with Crippen molar-refractivity contribution in [2.75, 3.05) is 53.5 Å². The predicted molar refractivity (Wildman–Crippen MR) is 87.0 cm³/mol. The molecular weight excluding hydrogens is 294 g/mol. The standard InChI is InChI=1S/C16H27N5O2/c1-18(2)16(22)13-20-12-15-3-5-17-21(15)6-4-14(20)11-19-7-9-23-10-8-19/h3,5,14H,4,6-13H2,1-2H3. The topological polar surface area (TPSA) is 53.8 Å². The van der Waals surface area contributed by atoms with E-state index in [0.29, 0.717) is 12.6 Å². The van der Waals surface area contributed by atoms with Crippen LogP contribution in [0.15, 0.2) is 12.3 Å². The molecule has 0 spiro atoms. The molecule has 0 bridgehead atoms. The van der Waals surface area contributed by atoms with Crippen molar-refractivity contribution >= 4 is 5.91 Å². The molecule has 1 aromatic rings. The van der Waals surface area contributed by atoms with Crippen LogP contribution in [0, 0.1) is 0 Å². The average Bonchev–Trinajstić information content (AvgIpc) is 2.92. The van der Waals surface area contributed by atoms with E-state index in [9.17, 15) is 4.79 Å². The zero-order valence-electron chi connectivity index (χ0n) is 14.1. The number of nitrogens with zero attached hydrogens (tertiary/aromatic N) is 5. The molecule has 0 N–H and O–H groups in total. The molecule has 0 radical (unpaired) electrons. The zero-order valence-corrected chi connectivity index (χ0v) is 14.1. The molecule has 1 aromatic heterocycles. The number of aryl methyl sites for hydroxylation is 1. The van der Waals surface area contributed by atoms with Crippen LogP contribution in [0.2, 0.25) is 0 Å². The first kappa shape index (κ1) is 16.4. The lowest BCUT2D eigenvalue weighted by Crippen LogP contribution is -2.49. The number of ether oxygens (including phenoxy) is 1. The monoisotopic (exact) mass is 321 g/mol. The summed E-state index contributed by atoms with van der Waals surface area (Å²) in [5, 5.41) is 4.41. The molecule has 23 heavy (non-hydrogen) atoms. The summed E-state index contributed by atoms with van der Waals surface area (Å²) in [6.45, 7) is 6.75. The van der Waals surface area contributed by atoms with Gasteiger partial charge in [0.1, 0.15) is 0 Å². The van der Waals surface area contributed by atoms with Crippen molar-refractivity contribution in [3.05, 3.63) is 18.0 Å². The Morgan fingerprint density at radius 2 is 2.13 bits per heavy atom. The van der Waals surface area contributed by atoms with Crippen molar-refractivity contribution in [3.63, 3.8) is 0 Å². The summed E-state index contributed by atoms with van der Waals surface area (Å²) in [6, 6.07) is 2.43. The molecule has 1 unspecified atom stereocenters. The third-order valence-electron chi connectivity index (χ3n) is 4.77. The Hall–Kier alpha value is -1.44. The van der Waals surface area contributed by atoms with E-state index in [-0.39, 0.29) is 5.91 Å². The van der Waals surface area contributed by atoms with Crippen molar-refractivity contribution in [2.24, 2.45) is 0 Å². The molecule has 7 nitrogen and oxygen atoms in total. The number of morpholine rings is 1. The molecule has 2 aliphatic rings. The Kier molecular flexibility index (Phi) is 5.30. The minimum absolute atomic E-state index is 0.157. The van der Waals surface area contributed by atoms with Gasteiger partial charge in [0.15, 0.2) is 0 Å². The number of rotatable bonds is 4. The van der Waals surface area contributed by atoms with Crippen LogP contribution < -0.4 is 0 Å². The van der Waals surface area contributed by atoms with Crippen LogP contribution in [0.4, 0.5) is 0 Å². The van der Waals surface area contributed by atoms with Gasteiger partial charge in [-0.3, -0.25) is 19.3 Å². The number of carbonyl (C=O) groups excluding carboxylic acids is 1. The molecule has 1 atom stereocenters. The Labute approximate surface area is 137 Å². The fraction of sp³-hybridized carbons (Fsp3) is 0.750. The van der Waals surface area contributed by atoms with Gasteiger partial charge in [-0.25, -0.2) is 0 Å². The van der Waals surface area contributed by atoms with Gasteiger partial charge in [-0.2, -0.15) is 5.10 Å². The third kappa shape index (κ3) is 4.10. The van der Waals surface area contributed by atoms with Crippen LogP contribution in [0.1, 0.15) is 12.1 Å². The Balaban J connectivity index is 1.71. The van der Waals surface area contributed by atoms with E-state index in [4.69, 9.17) is 4.74 Å². The summed E-state index contributed by atoms with van der Waals surface area (Å²) < 4.78 is 7.52. The van der Waals surface area contributed by atoms with Gasteiger partial charge in [0.25, 0.3) is 0 Å². The number of fused-ring (bicyclic) bond motifs is 1. The van der Waals surface area contributed by atoms with Crippen molar-refractivity contribution in [1.82, 2.24) is 24.5 Å². The summed E-state index contributed by atoms with van der Waals surface area (Å²) >= 11 is 0. The number of likely N-dealkylation sites (N-methyl/N-ethyl adjacent to an activating group) is 1. The van der Waals surface area contributed by atoms with Gasteiger partial charge in [0.05, 0.1) is 25.5 Å². The largest absolute Gasteiger partial charge is 0.379 e. The molecule has 128 valence electrons. The van der Waals surface area contributed by atoms with Crippen molar-refractivity contribution < 1.29 is 9.53 Å². The molecule has 3 heterocycles. The van der Waals surface area contributed by atoms with Crippen LogP contribution in [-0.2, 0) is 22.6 Å². The van der Waals surface area contributed by atoms with Gasteiger partial charge in [-0.1, -0.05) is 0 Å². The number of hydrogen-bond acceptors (Lipinski definition) is 5. The highest BCUT2D eigenvalue weighted by Gasteiger charge is 2.28. The van der Waals surface area contributed by atoms with E-state index in [1.165, 1.54) is 5.69 Å².